The number of ether oxygens (including phenoxy) is 1. The summed E-state index contributed by atoms with van der Waals surface area (Å²) < 4.78 is 11.8. The number of aromatic nitrogens is 2. The Bertz CT molecular complexity index is 1280. The summed E-state index contributed by atoms with van der Waals surface area (Å²) in [6.07, 6.45) is 11.2. The van der Waals surface area contributed by atoms with Crippen LogP contribution in [0.15, 0.2) is 89.8 Å². The zero-order valence-corrected chi connectivity index (χ0v) is 19.2. The molecule has 1 aliphatic carbocycles. The van der Waals surface area contributed by atoms with Crippen LogP contribution >= 0.6 is 0 Å². The predicted molar refractivity (Wildman–Crippen MR) is 132 cm³/mol. The van der Waals surface area contributed by atoms with Gasteiger partial charge in [-0.25, -0.2) is 9.78 Å². The van der Waals surface area contributed by atoms with Gasteiger partial charge in [0.25, 0.3) is 0 Å². The smallest absolute Gasteiger partial charge is 0.349 e. The van der Waals surface area contributed by atoms with Crippen LogP contribution in [0.25, 0.3) is 6.08 Å². The SMILES string of the molecule is O=C(O)C(C=Cc1coc(C(c2ccccc2)c2cccnc2)n1)Oc1cccc2c1CCCC2. The molecule has 0 bridgehead atoms. The van der Waals surface area contributed by atoms with E-state index < -0.39 is 12.1 Å². The van der Waals surface area contributed by atoms with Crippen molar-refractivity contribution in [3.05, 3.63) is 119 Å². The van der Waals surface area contributed by atoms with E-state index in [1.165, 1.54) is 17.9 Å². The average molecular weight is 467 g/mol. The molecule has 0 amide bonds. The van der Waals surface area contributed by atoms with E-state index in [1.54, 1.807) is 18.5 Å². The molecule has 0 fully saturated rings. The zero-order chi connectivity index (χ0) is 24.0. The van der Waals surface area contributed by atoms with Gasteiger partial charge in [0.05, 0.1) is 5.92 Å². The van der Waals surface area contributed by atoms with Gasteiger partial charge in [-0.3, -0.25) is 4.98 Å². The maximum Gasteiger partial charge on any atom is 0.349 e. The van der Waals surface area contributed by atoms with Crippen LogP contribution in [-0.4, -0.2) is 27.1 Å². The fourth-order valence-electron chi connectivity index (χ4n) is 4.53. The molecule has 2 heterocycles. The number of carbonyl (C=O) groups is 1. The number of nitrogens with zero attached hydrogens (tertiary/aromatic N) is 2. The lowest BCUT2D eigenvalue weighted by atomic mass is 9.91. The number of fused-ring (bicyclic) bond motifs is 1. The van der Waals surface area contributed by atoms with Gasteiger partial charge in [0.1, 0.15) is 17.7 Å². The van der Waals surface area contributed by atoms with Gasteiger partial charge in [-0.2, -0.15) is 0 Å². The van der Waals surface area contributed by atoms with Gasteiger partial charge in [-0.15, -0.1) is 0 Å². The van der Waals surface area contributed by atoms with Crippen LogP contribution in [0, 0.1) is 0 Å². The largest absolute Gasteiger partial charge is 0.478 e. The maximum atomic E-state index is 11.9. The third-order valence-corrected chi connectivity index (χ3v) is 6.23. The van der Waals surface area contributed by atoms with Crippen LogP contribution < -0.4 is 4.74 Å². The highest BCUT2D eigenvalue weighted by Crippen LogP contribution is 2.32. The van der Waals surface area contributed by atoms with Crippen LogP contribution in [-0.2, 0) is 17.6 Å². The molecule has 4 aromatic rings. The van der Waals surface area contributed by atoms with Crippen LogP contribution in [0.5, 0.6) is 5.75 Å². The Morgan fingerprint density at radius 1 is 1.00 bits per heavy atom. The second-order valence-electron chi connectivity index (χ2n) is 8.58. The lowest BCUT2D eigenvalue weighted by Gasteiger charge is -2.21. The first-order valence-electron chi connectivity index (χ1n) is 11.8. The fraction of sp³-hybridized carbons (Fsp3) is 0.207. The molecule has 6 heteroatoms. The van der Waals surface area contributed by atoms with Crippen molar-refractivity contribution >= 4 is 12.0 Å². The molecule has 0 spiro atoms. The maximum absolute atomic E-state index is 11.9. The van der Waals surface area contributed by atoms with Crippen LogP contribution in [0.4, 0.5) is 0 Å². The number of rotatable bonds is 8. The van der Waals surface area contributed by atoms with Crippen molar-refractivity contribution in [1.82, 2.24) is 9.97 Å². The number of aryl methyl sites for hydroxylation is 1. The topological polar surface area (TPSA) is 85.5 Å². The molecule has 6 nitrogen and oxygen atoms in total. The van der Waals surface area contributed by atoms with E-state index in [4.69, 9.17) is 9.15 Å². The van der Waals surface area contributed by atoms with E-state index in [9.17, 15) is 9.90 Å². The van der Waals surface area contributed by atoms with Gasteiger partial charge in [0.2, 0.25) is 12.0 Å². The number of pyridine rings is 1. The molecular formula is C29H26N2O4. The summed E-state index contributed by atoms with van der Waals surface area (Å²) in [6, 6.07) is 19.7. The molecule has 0 aliphatic heterocycles. The highest BCUT2D eigenvalue weighted by molar-refractivity contribution is 5.76. The molecule has 0 saturated carbocycles. The molecule has 176 valence electrons. The zero-order valence-electron chi connectivity index (χ0n) is 19.2. The number of hydrogen-bond acceptors (Lipinski definition) is 5. The molecule has 1 aliphatic rings. The van der Waals surface area contributed by atoms with Gasteiger partial charge in [-0.05, 0) is 72.2 Å². The molecule has 5 rings (SSSR count). The summed E-state index contributed by atoms with van der Waals surface area (Å²) >= 11 is 0. The summed E-state index contributed by atoms with van der Waals surface area (Å²) in [5, 5.41) is 9.78. The standard InChI is InChI=1S/C29H26N2O4/c32-29(33)26(35-25-14-6-11-20-8-4-5-13-24(20)25)16-15-23-19-34-28(31-23)27(21-9-2-1-3-10-21)22-12-7-17-30-18-22/h1-3,6-7,9-12,14-19,26-27H,4-5,8,13H2,(H,32,33). The van der Waals surface area contributed by atoms with Gasteiger partial charge in [0, 0.05) is 12.4 Å². The normalized spacial score (nSPS) is 14.9. The van der Waals surface area contributed by atoms with E-state index in [2.05, 4.69) is 16.0 Å². The number of oxazole rings is 1. The summed E-state index contributed by atoms with van der Waals surface area (Å²) in [5.74, 6) is -0.139. The molecule has 2 unspecified atom stereocenters. The Balaban J connectivity index is 1.39. The van der Waals surface area contributed by atoms with Crippen molar-refractivity contribution in [3.8, 4) is 5.75 Å². The number of hydrogen-bond donors (Lipinski definition) is 1. The Morgan fingerprint density at radius 3 is 2.63 bits per heavy atom. The third kappa shape index (κ3) is 5.17. The van der Waals surface area contributed by atoms with Crippen molar-refractivity contribution in [2.45, 2.75) is 37.7 Å². The highest BCUT2D eigenvalue weighted by Gasteiger charge is 2.23. The van der Waals surface area contributed by atoms with Crippen molar-refractivity contribution in [2.75, 3.05) is 0 Å². The average Bonchev–Trinajstić information content (AvgIpc) is 3.36. The minimum atomic E-state index is -1.13. The Labute approximate surface area is 203 Å². The molecule has 1 N–H and O–H groups in total. The van der Waals surface area contributed by atoms with E-state index >= 15 is 0 Å². The molecular weight excluding hydrogens is 440 g/mol. The van der Waals surface area contributed by atoms with Gasteiger partial charge in [-0.1, -0.05) is 48.5 Å². The number of carboxylic acids is 1. The second-order valence-corrected chi connectivity index (χ2v) is 8.58. The van der Waals surface area contributed by atoms with Crippen molar-refractivity contribution in [2.24, 2.45) is 0 Å². The summed E-state index contributed by atoms with van der Waals surface area (Å²) in [5.41, 5.74) is 4.86. The Morgan fingerprint density at radius 2 is 1.83 bits per heavy atom. The number of carboxylic acid groups (broad SMARTS) is 1. The summed E-state index contributed by atoms with van der Waals surface area (Å²) in [7, 11) is 0. The van der Waals surface area contributed by atoms with Crippen LogP contribution in [0.1, 0.15) is 52.6 Å². The lowest BCUT2D eigenvalue weighted by molar-refractivity contribution is -0.142. The third-order valence-electron chi connectivity index (χ3n) is 6.23. The minimum Gasteiger partial charge on any atom is -0.478 e. The molecule has 0 radical (unpaired) electrons. The fourth-order valence-corrected chi connectivity index (χ4v) is 4.53. The first-order chi connectivity index (χ1) is 17.2. The van der Waals surface area contributed by atoms with Crippen molar-refractivity contribution in [3.63, 3.8) is 0 Å². The van der Waals surface area contributed by atoms with Crippen molar-refractivity contribution in [1.29, 1.82) is 0 Å². The summed E-state index contributed by atoms with van der Waals surface area (Å²) in [6.45, 7) is 0. The Kier molecular flexibility index (Phi) is 6.70. The monoisotopic (exact) mass is 466 g/mol. The number of benzene rings is 2. The number of aliphatic carboxylic acids is 1. The minimum absolute atomic E-state index is 0.227. The van der Waals surface area contributed by atoms with E-state index in [1.807, 2.05) is 54.6 Å². The predicted octanol–water partition coefficient (Wildman–Crippen LogP) is 5.67. The first kappa shape index (κ1) is 22.6. The van der Waals surface area contributed by atoms with Crippen LogP contribution in [0.3, 0.4) is 0 Å². The molecule has 2 atom stereocenters. The van der Waals surface area contributed by atoms with E-state index in [-0.39, 0.29) is 5.92 Å². The Hall–Kier alpha value is -4.19. The first-order valence-corrected chi connectivity index (χ1v) is 11.8. The van der Waals surface area contributed by atoms with E-state index in [0.29, 0.717) is 17.3 Å². The second kappa shape index (κ2) is 10.4. The van der Waals surface area contributed by atoms with Gasteiger partial charge < -0.3 is 14.3 Å². The molecule has 0 saturated heterocycles. The molecule has 35 heavy (non-hydrogen) atoms. The van der Waals surface area contributed by atoms with Gasteiger partial charge >= 0.3 is 5.97 Å². The van der Waals surface area contributed by atoms with Crippen LogP contribution in [0.2, 0.25) is 0 Å². The van der Waals surface area contributed by atoms with Gasteiger partial charge in [0.15, 0.2) is 0 Å². The quantitative estimate of drug-likeness (QED) is 0.360. The molecule has 2 aromatic carbocycles. The van der Waals surface area contributed by atoms with E-state index in [0.717, 1.165) is 42.4 Å². The summed E-state index contributed by atoms with van der Waals surface area (Å²) in [4.78, 5) is 20.8. The highest BCUT2D eigenvalue weighted by atomic mass is 16.5. The van der Waals surface area contributed by atoms with Crippen molar-refractivity contribution < 1.29 is 19.1 Å². The molecule has 2 aromatic heterocycles. The lowest BCUT2D eigenvalue weighted by Crippen LogP contribution is -2.25.